The summed E-state index contributed by atoms with van der Waals surface area (Å²) in [4.78, 5) is 34.2. The van der Waals surface area contributed by atoms with Crippen LogP contribution in [0.2, 0.25) is 0 Å². The molecule has 0 spiro atoms. The molecule has 134 valence electrons. The zero-order valence-corrected chi connectivity index (χ0v) is 16.3. The topological polar surface area (TPSA) is 84.0 Å². The summed E-state index contributed by atoms with van der Waals surface area (Å²) in [7, 11) is 0. The Balaban J connectivity index is 1.67. The first-order valence-corrected chi connectivity index (χ1v) is 9.75. The van der Waals surface area contributed by atoms with Crippen LogP contribution in [-0.2, 0) is 9.59 Å². The summed E-state index contributed by atoms with van der Waals surface area (Å²) < 4.78 is 0. The van der Waals surface area contributed by atoms with Gasteiger partial charge < -0.3 is 10.6 Å². The van der Waals surface area contributed by atoms with Crippen molar-refractivity contribution in [3.63, 3.8) is 0 Å². The normalized spacial score (nSPS) is 10.7. The van der Waals surface area contributed by atoms with Crippen LogP contribution in [-0.4, -0.2) is 27.5 Å². The van der Waals surface area contributed by atoms with Gasteiger partial charge in [0.2, 0.25) is 11.8 Å². The molecular formula is C18H18N4O2S2. The number of nitrogens with zero attached hydrogens (tertiary/aromatic N) is 2. The third kappa shape index (κ3) is 4.20. The fraction of sp³-hybridized carbons (Fsp3) is 0.222. The number of thioether (sulfide) groups is 1. The Labute approximate surface area is 159 Å². The first-order chi connectivity index (χ1) is 12.4. The maximum absolute atomic E-state index is 12.3. The van der Waals surface area contributed by atoms with Crippen LogP contribution in [0.5, 0.6) is 0 Å². The molecule has 6 nitrogen and oxygen atoms in total. The third-order valence-corrected chi connectivity index (χ3v) is 5.84. The van der Waals surface area contributed by atoms with Gasteiger partial charge in [0.05, 0.1) is 5.75 Å². The molecule has 2 N–H and O–H groups in total. The van der Waals surface area contributed by atoms with Crippen molar-refractivity contribution in [3.8, 4) is 0 Å². The number of carbonyl (C=O) groups is 2. The summed E-state index contributed by atoms with van der Waals surface area (Å²) in [6.07, 6.45) is 1.54. The smallest absolute Gasteiger partial charge is 0.234 e. The van der Waals surface area contributed by atoms with E-state index in [-0.39, 0.29) is 17.6 Å². The second kappa shape index (κ2) is 7.84. The van der Waals surface area contributed by atoms with Gasteiger partial charge in [0.25, 0.3) is 0 Å². The lowest BCUT2D eigenvalue weighted by atomic mass is 10.2. The van der Waals surface area contributed by atoms with E-state index in [2.05, 4.69) is 34.4 Å². The largest absolute Gasteiger partial charge is 0.326 e. The van der Waals surface area contributed by atoms with E-state index in [1.165, 1.54) is 29.9 Å². The summed E-state index contributed by atoms with van der Waals surface area (Å²) >= 11 is 3.03. The predicted molar refractivity (Wildman–Crippen MR) is 107 cm³/mol. The van der Waals surface area contributed by atoms with Crippen molar-refractivity contribution < 1.29 is 9.59 Å². The van der Waals surface area contributed by atoms with Gasteiger partial charge in [0, 0.05) is 28.6 Å². The van der Waals surface area contributed by atoms with E-state index in [9.17, 15) is 9.59 Å². The number of nitrogens with one attached hydrogen (secondary N) is 2. The number of rotatable bonds is 5. The maximum Gasteiger partial charge on any atom is 0.234 e. The monoisotopic (exact) mass is 386 g/mol. The zero-order chi connectivity index (χ0) is 18.7. The number of aromatic nitrogens is 2. The molecule has 2 heterocycles. The summed E-state index contributed by atoms with van der Waals surface area (Å²) in [6.45, 7) is 5.55. The van der Waals surface area contributed by atoms with Crippen molar-refractivity contribution in [2.24, 2.45) is 0 Å². The summed E-state index contributed by atoms with van der Waals surface area (Å²) in [5.74, 6) is -0.0465. The quantitative estimate of drug-likeness (QED) is 0.511. The number of thiophene rings is 1. The molecule has 26 heavy (non-hydrogen) atoms. The highest BCUT2D eigenvalue weighted by molar-refractivity contribution is 8.00. The molecular weight excluding hydrogens is 368 g/mol. The van der Waals surface area contributed by atoms with Gasteiger partial charge in [-0.05, 0) is 37.6 Å². The average molecular weight is 387 g/mol. The number of benzene rings is 1. The van der Waals surface area contributed by atoms with Crippen molar-refractivity contribution in [3.05, 3.63) is 41.0 Å². The van der Waals surface area contributed by atoms with E-state index in [4.69, 9.17) is 0 Å². The van der Waals surface area contributed by atoms with Gasteiger partial charge in [0.15, 0.2) is 0 Å². The molecule has 0 atom stereocenters. The Kier molecular flexibility index (Phi) is 5.53. The Hall–Kier alpha value is -2.45. The minimum absolute atomic E-state index is 0.133. The lowest BCUT2D eigenvalue weighted by Crippen LogP contribution is -2.14. The van der Waals surface area contributed by atoms with Gasteiger partial charge in [-0.3, -0.25) is 9.59 Å². The third-order valence-electron chi connectivity index (χ3n) is 3.74. The number of anilines is 2. The number of fused-ring (bicyclic) bond motifs is 1. The van der Waals surface area contributed by atoms with Crippen molar-refractivity contribution in [1.29, 1.82) is 0 Å². The van der Waals surface area contributed by atoms with E-state index in [0.29, 0.717) is 11.4 Å². The maximum atomic E-state index is 12.3. The summed E-state index contributed by atoms with van der Waals surface area (Å²) in [5, 5.41) is 7.38. The Morgan fingerprint density at radius 3 is 2.62 bits per heavy atom. The molecule has 3 rings (SSSR count). The molecule has 2 aromatic heterocycles. The van der Waals surface area contributed by atoms with Crippen LogP contribution in [0.25, 0.3) is 10.2 Å². The molecule has 3 aromatic rings. The van der Waals surface area contributed by atoms with Crippen LogP contribution >= 0.6 is 23.1 Å². The second-order valence-electron chi connectivity index (χ2n) is 5.74. The van der Waals surface area contributed by atoms with Crippen LogP contribution in [0.15, 0.2) is 35.6 Å². The fourth-order valence-corrected chi connectivity index (χ4v) is 4.39. The van der Waals surface area contributed by atoms with E-state index in [1.54, 1.807) is 35.6 Å². The van der Waals surface area contributed by atoms with Gasteiger partial charge in [0.1, 0.15) is 16.2 Å². The van der Waals surface area contributed by atoms with Crippen LogP contribution in [0, 0.1) is 13.8 Å². The molecule has 0 aliphatic heterocycles. The van der Waals surface area contributed by atoms with Crippen LogP contribution in [0.4, 0.5) is 11.4 Å². The number of carbonyl (C=O) groups excluding carboxylic acids is 2. The number of hydrogen-bond donors (Lipinski definition) is 2. The van der Waals surface area contributed by atoms with E-state index in [1.807, 2.05) is 0 Å². The van der Waals surface area contributed by atoms with Crippen molar-refractivity contribution in [1.82, 2.24) is 9.97 Å². The molecule has 0 bridgehead atoms. The van der Waals surface area contributed by atoms with Gasteiger partial charge in [-0.1, -0.05) is 17.8 Å². The first kappa shape index (κ1) is 18.3. The number of aryl methyl sites for hydroxylation is 2. The first-order valence-electron chi connectivity index (χ1n) is 7.95. The van der Waals surface area contributed by atoms with Gasteiger partial charge in [-0.25, -0.2) is 9.97 Å². The Morgan fingerprint density at radius 2 is 1.88 bits per heavy atom. The van der Waals surface area contributed by atoms with E-state index >= 15 is 0 Å². The molecule has 8 heteroatoms. The Morgan fingerprint density at radius 1 is 1.15 bits per heavy atom. The molecule has 0 aliphatic carbocycles. The molecule has 2 amide bonds. The van der Waals surface area contributed by atoms with Crippen LogP contribution in [0.1, 0.15) is 17.4 Å². The van der Waals surface area contributed by atoms with Crippen LogP contribution < -0.4 is 10.6 Å². The molecule has 0 radical (unpaired) electrons. The zero-order valence-electron chi connectivity index (χ0n) is 14.6. The van der Waals surface area contributed by atoms with Crippen molar-refractivity contribution >= 4 is 56.5 Å². The van der Waals surface area contributed by atoms with Crippen molar-refractivity contribution in [2.45, 2.75) is 25.8 Å². The highest BCUT2D eigenvalue weighted by atomic mass is 32.2. The average Bonchev–Trinajstić information content (AvgIpc) is 2.88. The second-order valence-corrected chi connectivity index (χ2v) is 7.91. The predicted octanol–water partition coefficient (Wildman–Crippen LogP) is 4.00. The standard InChI is InChI=1S/C18H18N4O2S2/c1-10-11(2)26-18-16(10)17(19-9-20-18)25-8-15(24)22-14-6-4-5-13(7-14)21-12(3)23/h4-7,9H,8H2,1-3H3,(H,21,23)(H,22,24). The molecule has 0 fully saturated rings. The minimum Gasteiger partial charge on any atom is -0.326 e. The molecule has 0 unspecified atom stereocenters. The highest BCUT2D eigenvalue weighted by Gasteiger charge is 2.14. The Bertz CT molecular complexity index is 984. The van der Waals surface area contributed by atoms with E-state index < -0.39 is 0 Å². The highest BCUT2D eigenvalue weighted by Crippen LogP contribution is 2.34. The fourth-order valence-electron chi connectivity index (χ4n) is 2.47. The molecule has 0 aliphatic rings. The van der Waals surface area contributed by atoms with Crippen molar-refractivity contribution in [2.75, 3.05) is 16.4 Å². The van der Waals surface area contributed by atoms with E-state index in [0.717, 1.165) is 20.8 Å². The van der Waals surface area contributed by atoms with Gasteiger partial charge in [-0.2, -0.15) is 0 Å². The van der Waals surface area contributed by atoms with Gasteiger partial charge >= 0.3 is 0 Å². The molecule has 0 saturated carbocycles. The number of amides is 2. The number of hydrogen-bond acceptors (Lipinski definition) is 6. The summed E-state index contributed by atoms with van der Waals surface area (Å²) in [6, 6.07) is 7.05. The van der Waals surface area contributed by atoms with Crippen LogP contribution in [0.3, 0.4) is 0 Å². The SMILES string of the molecule is CC(=O)Nc1cccc(NC(=O)CSc2ncnc3sc(C)c(C)c23)c1. The van der Waals surface area contributed by atoms with Gasteiger partial charge in [-0.15, -0.1) is 11.3 Å². The lowest BCUT2D eigenvalue weighted by Gasteiger charge is -2.08. The molecule has 0 saturated heterocycles. The lowest BCUT2D eigenvalue weighted by molar-refractivity contribution is -0.114. The molecule has 1 aromatic carbocycles. The summed E-state index contributed by atoms with van der Waals surface area (Å²) in [5.41, 5.74) is 2.44. The minimum atomic E-state index is -0.154.